The molecule has 0 aromatic rings. The molecular formula is C8H17NO4. The Kier molecular flexibility index (Phi) is 3.63. The number of hydrogen-bond acceptors (Lipinski definition) is 5. The lowest BCUT2D eigenvalue weighted by molar-refractivity contribution is -0.119. The van der Waals surface area contributed by atoms with Crippen LogP contribution in [0.1, 0.15) is 13.3 Å². The summed E-state index contributed by atoms with van der Waals surface area (Å²) < 4.78 is 0. The summed E-state index contributed by atoms with van der Waals surface area (Å²) in [5.41, 5.74) is 0. The van der Waals surface area contributed by atoms with Crippen LogP contribution in [0.5, 0.6) is 0 Å². The van der Waals surface area contributed by atoms with Gasteiger partial charge in [0.15, 0.2) is 0 Å². The Morgan fingerprint density at radius 2 is 1.54 bits per heavy atom. The predicted molar refractivity (Wildman–Crippen MR) is 46.1 cm³/mol. The van der Waals surface area contributed by atoms with E-state index in [0.29, 0.717) is 6.42 Å². The predicted octanol–water partition coefficient (Wildman–Crippen LogP) is -2.19. The fourth-order valence-electron chi connectivity index (χ4n) is 1.67. The van der Waals surface area contributed by atoms with Crippen LogP contribution in [0, 0.1) is 0 Å². The largest absolute Gasteiger partial charge is 0.395 e. The quantitative estimate of drug-likeness (QED) is 0.342. The van der Waals surface area contributed by atoms with E-state index in [-0.39, 0.29) is 12.6 Å². The molecule has 0 radical (unpaired) electrons. The molecule has 1 aliphatic heterocycles. The molecule has 13 heavy (non-hydrogen) atoms. The summed E-state index contributed by atoms with van der Waals surface area (Å²) in [6, 6.07) is -0.820. The molecule has 0 amide bonds. The van der Waals surface area contributed by atoms with Crippen LogP contribution >= 0.6 is 0 Å². The fraction of sp³-hybridized carbons (Fsp3) is 1.00. The maximum absolute atomic E-state index is 9.47. The van der Waals surface area contributed by atoms with Crippen LogP contribution in [0.2, 0.25) is 0 Å². The Balaban J connectivity index is 2.66. The van der Waals surface area contributed by atoms with Gasteiger partial charge in [-0.1, -0.05) is 6.92 Å². The summed E-state index contributed by atoms with van der Waals surface area (Å²) in [6.07, 6.45) is -2.62. The molecule has 0 saturated carbocycles. The van der Waals surface area contributed by atoms with Crippen molar-refractivity contribution in [2.75, 3.05) is 6.61 Å². The van der Waals surface area contributed by atoms with E-state index in [1.807, 2.05) is 6.92 Å². The Morgan fingerprint density at radius 3 is 2.00 bits per heavy atom. The summed E-state index contributed by atoms with van der Waals surface area (Å²) in [5, 5.41) is 40.0. The monoisotopic (exact) mass is 191 g/mol. The van der Waals surface area contributed by atoms with E-state index in [2.05, 4.69) is 5.32 Å². The van der Waals surface area contributed by atoms with Crippen molar-refractivity contribution in [1.29, 1.82) is 0 Å². The van der Waals surface area contributed by atoms with Crippen molar-refractivity contribution in [2.45, 2.75) is 43.7 Å². The van der Waals surface area contributed by atoms with Gasteiger partial charge in [0.25, 0.3) is 0 Å². The second-order valence-corrected chi connectivity index (χ2v) is 3.44. The molecule has 5 heteroatoms. The lowest BCUT2D eigenvalue weighted by Crippen LogP contribution is -2.65. The maximum atomic E-state index is 9.47. The second kappa shape index (κ2) is 4.34. The number of rotatable bonds is 2. The molecule has 1 fully saturated rings. The van der Waals surface area contributed by atoms with Crippen molar-refractivity contribution >= 4 is 0 Å². The van der Waals surface area contributed by atoms with E-state index in [9.17, 15) is 15.3 Å². The first-order valence-electron chi connectivity index (χ1n) is 4.53. The van der Waals surface area contributed by atoms with Crippen molar-refractivity contribution in [1.82, 2.24) is 5.32 Å². The molecule has 5 nitrogen and oxygen atoms in total. The molecule has 78 valence electrons. The standard InChI is InChI=1S/C8H17NO4/c1-2-4-6(11)8(13)7(12)5(3-10)9-4/h4-13H,2-3H2,1H3/t4-,5?,6?,7-,8?/m1/s1. The van der Waals surface area contributed by atoms with Crippen molar-refractivity contribution in [3.63, 3.8) is 0 Å². The Morgan fingerprint density at radius 1 is 1.00 bits per heavy atom. The van der Waals surface area contributed by atoms with Gasteiger partial charge in [0.1, 0.15) is 6.10 Å². The molecule has 1 aliphatic rings. The van der Waals surface area contributed by atoms with Gasteiger partial charge >= 0.3 is 0 Å². The zero-order valence-electron chi connectivity index (χ0n) is 7.59. The molecule has 3 unspecified atom stereocenters. The number of nitrogens with one attached hydrogen (secondary N) is 1. The lowest BCUT2D eigenvalue weighted by atomic mass is 9.89. The second-order valence-electron chi connectivity index (χ2n) is 3.44. The van der Waals surface area contributed by atoms with Gasteiger partial charge in [0.05, 0.1) is 24.9 Å². The Labute approximate surface area is 77.0 Å². The van der Waals surface area contributed by atoms with E-state index in [1.54, 1.807) is 0 Å². The minimum atomic E-state index is -1.18. The third-order valence-electron chi connectivity index (χ3n) is 2.59. The highest BCUT2D eigenvalue weighted by Gasteiger charge is 2.40. The maximum Gasteiger partial charge on any atom is 0.109 e. The van der Waals surface area contributed by atoms with Crippen LogP contribution in [-0.2, 0) is 0 Å². The van der Waals surface area contributed by atoms with Crippen molar-refractivity contribution in [3.8, 4) is 0 Å². The molecule has 5 atom stereocenters. The molecule has 0 aliphatic carbocycles. The van der Waals surface area contributed by atoms with E-state index in [1.165, 1.54) is 0 Å². The lowest BCUT2D eigenvalue weighted by Gasteiger charge is -2.40. The molecule has 0 bridgehead atoms. The topological polar surface area (TPSA) is 93.0 Å². The van der Waals surface area contributed by atoms with E-state index < -0.39 is 24.4 Å². The number of aliphatic hydroxyl groups is 4. The SMILES string of the molecule is CC[C@H]1NC(CO)[C@@H](O)C(O)C1O. The zero-order valence-corrected chi connectivity index (χ0v) is 7.59. The van der Waals surface area contributed by atoms with Crippen LogP contribution in [0.4, 0.5) is 0 Å². The fourth-order valence-corrected chi connectivity index (χ4v) is 1.67. The Bertz CT molecular complexity index is 146. The highest BCUT2D eigenvalue weighted by atomic mass is 16.4. The molecule has 1 heterocycles. The van der Waals surface area contributed by atoms with Gasteiger partial charge in [-0.3, -0.25) is 0 Å². The van der Waals surface area contributed by atoms with E-state index >= 15 is 0 Å². The zero-order chi connectivity index (χ0) is 10.0. The average Bonchev–Trinajstić information content (AvgIpc) is 2.15. The first kappa shape index (κ1) is 10.9. The summed E-state index contributed by atoms with van der Waals surface area (Å²) >= 11 is 0. The minimum absolute atomic E-state index is 0.249. The van der Waals surface area contributed by atoms with E-state index in [0.717, 1.165) is 0 Å². The normalized spacial score (nSPS) is 46.4. The highest BCUT2D eigenvalue weighted by molar-refractivity contribution is 4.97. The van der Waals surface area contributed by atoms with Gasteiger partial charge in [-0.05, 0) is 6.42 Å². The first-order valence-corrected chi connectivity index (χ1v) is 4.53. The van der Waals surface area contributed by atoms with Crippen molar-refractivity contribution < 1.29 is 20.4 Å². The molecule has 0 aromatic carbocycles. The molecule has 0 spiro atoms. The van der Waals surface area contributed by atoms with Crippen molar-refractivity contribution in [3.05, 3.63) is 0 Å². The first-order chi connectivity index (χ1) is 6.11. The Hall–Kier alpha value is -0.200. The van der Waals surface area contributed by atoms with Crippen LogP contribution in [0.3, 0.4) is 0 Å². The number of piperidine rings is 1. The third kappa shape index (κ3) is 2.00. The highest BCUT2D eigenvalue weighted by Crippen LogP contribution is 2.16. The molecular weight excluding hydrogens is 174 g/mol. The molecule has 0 aromatic heterocycles. The molecule has 1 rings (SSSR count). The third-order valence-corrected chi connectivity index (χ3v) is 2.59. The van der Waals surface area contributed by atoms with Gasteiger partial charge in [0, 0.05) is 6.04 Å². The van der Waals surface area contributed by atoms with Crippen LogP contribution < -0.4 is 5.32 Å². The van der Waals surface area contributed by atoms with Gasteiger partial charge in [-0.25, -0.2) is 0 Å². The van der Waals surface area contributed by atoms with Gasteiger partial charge in [-0.2, -0.15) is 0 Å². The van der Waals surface area contributed by atoms with Crippen LogP contribution in [0.15, 0.2) is 0 Å². The van der Waals surface area contributed by atoms with E-state index in [4.69, 9.17) is 5.11 Å². The van der Waals surface area contributed by atoms with Gasteiger partial charge in [0.2, 0.25) is 0 Å². The number of hydrogen-bond donors (Lipinski definition) is 5. The smallest absolute Gasteiger partial charge is 0.109 e. The summed E-state index contributed by atoms with van der Waals surface area (Å²) in [4.78, 5) is 0. The van der Waals surface area contributed by atoms with Crippen LogP contribution in [-0.4, -0.2) is 57.4 Å². The summed E-state index contributed by atoms with van der Waals surface area (Å²) in [6.45, 7) is 1.61. The van der Waals surface area contributed by atoms with Gasteiger partial charge < -0.3 is 25.7 Å². The molecule has 5 N–H and O–H groups in total. The summed E-state index contributed by atoms with van der Waals surface area (Å²) in [7, 11) is 0. The minimum Gasteiger partial charge on any atom is -0.395 e. The van der Waals surface area contributed by atoms with Gasteiger partial charge in [-0.15, -0.1) is 0 Å². The number of aliphatic hydroxyl groups excluding tert-OH is 4. The summed E-state index contributed by atoms with van der Waals surface area (Å²) in [5.74, 6) is 0. The van der Waals surface area contributed by atoms with Crippen LogP contribution in [0.25, 0.3) is 0 Å². The van der Waals surface area contributed by atoms with Crippen molar-refractivity contribution in [2.24, 2.45) is 0 Å². The average molecular weight is 191 g/mol. The molecule has 1 saturated heterocycles.